The number of rotatable bonds is 2. The molecule has 0 saturated carbocycles. The van der Waals surface area contributed by atoms with Crippen molar-refractivity contribution in [3.05, 3.63) is 41.2 Å². The van der Waals surface area contributed by atoms with Crippen LogP contribution in [0.1, 0.15) is 43.0 Å². The monoisotopic (exact) mass is 202 g/mol. The van der Waals surface area contributed by atoms with Gasteiger partial charge in [0.05, 0.1) is 6.04 Å². The van der Waals surface area contributed by atoms with Crippen molar-refractivity contribution >= 4 is 0 Å². The van der Waals surface area contributed by atoms with Crippen molar-refractivity contribution in [1.29, 1.82) is 0 Å². The second-order valence-corrected chi connectivity index (χ2v) is 4.23. The van der Waals surface area contributed by atoms with Gasteiger partial charge in [-0.15, -0.1) is 0 Å². The van der Waals surface area contributed by atoms with E-state index in [1.807, 2.05) is 19.2 Å². The summed E-state index contributed by atoms with van der Waals surface area (Å²) in [7, 11) is 0. The lowest BCUT2D eigenvalue weighted by molar-refractivity contribution is 0.648. The highest BCUT2D eigenvalue weighted by molar-refractivity contribution is 5.28. The van der Waals surface area contributed by atoms with E-state index < -0.39 is 0 Å². The summed E-state index contributed by atoms with van der Waals surface area (Å²) in [6.45, 7) is 2.01. The Morgan fingerprint density at radius 2 is 2.27 bits per heavy atom. The van der Waals surface area contributed by atoms with Crippen LogP contribution in [0.2, 0.25) is 0 Å². The van der Waals surface area contributed by atoms with Gasteiger partial charge in [0.25, 0.3) is 0 Å². The molecule has 0 radical (unpaired) electrons. The maximum absolute atomic E-state index is 6.24. The lowest BCUT2D eigenvalue weighted by Crippen LogP contribution is -2.15. The molecule has 1 aromatic rings. The zero-order valence-corrected chi connectivity index (χ0v) is 9.24. The van der Waals surface area contributed by atoms with Crippen molar-refractivity contribution in [3.8, 4) is 0 Å². The van der Waals surface area contributed by atoms with Gasteiger partial charge in [-0.1, -0.05) is 11.6 Å². The van der Waals surface area contributed by atoms with Crippen molar-refractivity contribution in [2.24, 2.45) is 5.73 Å². The average molecular weight is 202 g/mol. The van der Waals surface area contributed by atoms with Crippen molar-refractivity contribution in [3.63, 3.8) is 0 Å². The summed E-state index contributed by atoms with van der Waals surface area (Å²) in [6, 6.07) is 4.18. The number of aryl methyl sites for hydroxylation is 1. The Hall–Kier alpha value is -1.15. The molecule has 1 unspecified atom stereocenters. The van der Waals surface area contributed by atoms with Crippen molar-refractivity contribution in [1.82, 2.24) is 4.98 Å². The number of hydrogen-bond acceptors (Lipinski definition) is 2. The van der Waals surface area contributed by atoms with Crippen LogP contribution in [0.25, 0.3) is 0 Å². The van der Waals surface area contributed by atoms with Gasteiger partial charge in [0.15, 0.2) is 0 Å². The van der Waals surface area contributed by atoms with Crippen LogP contribution in [-0.2, 0) is 0 Å². The maximum Gasteiger partial charge on any atom is 0.0512 e. The Morgan fingerprint density at radius 3 is 2.93 bits per heavy atom. The largest absolute Gasteiger partial charge is 0.321 e. The first-order valence-corrected chi connectivity index (χ1v) is 5.64. The molecular formula is C13H18N2. The van der Waals surface area contributed by atoms with Gasteiger partial charge in [0.1, 0.15) is 0 Å². The molecule has 0 aliphatic heterocycles. The molecule has 2 rings (SSSR count). The number of pyridine rings is 1. The second kappa shape index (κ2) is 4.58. The molecule has 1 atom stereocenters. The van der Waals surface area contributed by atoms with E-state index >= 15 is 0 Å². The van der Waals surface area contributed by atoms with E-state index in [0.717, 1.165) is 12.1 Å². The highest BCUT2D eigenvalue weighted by Crippen LogP contribution is 2.27. The Bertz CT molecular complexity index is 369. The summed E-state index contributed by atoms with van der Waals surface area (Å²) in [5.41, 5.74) is 9.87. The summed E-state index contributed by atoms with van der Waals surface area (Å²) >= 11 is 0. The number of allylic oxidation sites excluding steroid dienone is 1. The van der Waals surface area contributed by atoms with Crippen LogP contribution in [0.5, 0.6) is 0 Å². The minimum atomic E-state index is 0.0759. The summed E-state index contributed by atoms with van der Waals surface area (Å²) < 4.78 is 0. The first kappa shape index (κ1) is 10.4. The van der Waals surface area contributed by atoms with Gasteiger partial charge in [-0.05, 0) is 50.3 Å². The first-order chi connectivity index (χ1) is 7.27. The minimum absolute atomic E-state index is 0.0759. The standard InChI is InChI=1S/C13H18N2/c1-10-9-12(7-8-15-10)13(14)11-5-3-2-4-6-11/h5,7-9,13H,2-4,6,14H2,1H3. The molecule has 15 heavy (non-hydrogen) atoms. The van der Waals surface area contributed by atoms with E-state index in [1.54, 1.807) is 0 Å². The zero-order valence-electron chi connectivity index (χ0n) is 9.24. The molecule has 0 amide bonds. The summed E-state index contributed by atoms with van der Waals surface area (Å²) in [4.78, 5) is 4.19. The molecule has 0 bridgehead atoms. The number of hydrogen-bond donors (Lipinski definition) is 1. The molecule has 0 saturated heterocycles. The summed E-state index contributed by atoms with van der Waals surface area (Å²) in [5.74, 6) is 0. The third-order valence-corrected chi connectivity index (χ3v) is 3.01. The third kappa shape index (κ3) is 2.45. The number of aromatic nitrogens is 1. The van der Waals surface area contributed by atoms with E-state index in [4.69, 9.17) is 5.73 Å². The molecule has 0 spiro atoms. The summed E-state index contributed by atoms with van der Waals surface area (Å²) in [5, 5.41) is 0. The van der Waals surface area contributed by atoms with Gasteiger partial charge in [-0.2, -0.15) is 0 Å². The van der Waals surface area contributed by atoms with Gasteiger partial charge in [-0.25, -0.2) is 0 Å². The Balaban J connectivity index is 2.19. The highest BCUT2D eigenvalue weighted by atomic mass is 14.7. The van der Waals surface area contributed by atoms with E-state index in [2.05, 4.69) is 17.1 Å². The molecule has 80 valence electrons. The lowest BCUT2D eigenvalue weighted by Gasteiger charge is -2.20. The van der Waals surface area contributed by atoms with E-state index in [9.17, 15) is 0 Å². The molecule has 1 aromatic heterocycles. The van der Waals surface area contributed by atoms with Crippen LogP contribution >= 0.6 is 0 Å². The molecule has 2 heteroatoms. The predicted molar refractivity (Wildman–Crippen MR) is 62.5 cm³/mol. The fraction of sp³-hybridized carbons (Fsp3) is 0.462. The molecule has 0 aromatic carbocycles. The third-order valence-electron chi connectivity index (χ3n) is 3.01. The first-order valence-electron chi connectivity index (χ1n) is 5.64. The smallest absolute Gasteiger partial charge is 0.0512 e. The van der Waals surface area contributed by atoms with Gasteiger partial charge < -0.3 is 5.73 Å². The topological polar surface area (TPSA) is 38.9 Å². The normalized spacial score (nSPS) is 18.4. The van der Waals surface area contributed by atoms with Crippen LogP contribution in [0.3, 0.4) is 0 Å². The number of nitrogens with two attached hydrogens (primary N) is 1. The molecule has 2 N–H and O–H groups in total. The molecule has 1 aliphatic rings. The fourth-order valence-corrected chi connectivity index (χ4v) is 2.12. The fourth-order valence-electron chi connectivity index (χ4n) is 2.12. The summed E-state index contributed by atoms with van der Waals surface area (Å²) in [6.07, 6.45) is 9.09. The molecule has 0 fully saturated rings. The minimum Gasteiger partial charge on any atom is -0.321 e. The zero-order chi connectivity index (χ0) is 10.7. The van der Waals surface area contributed by atoms with Crippen molar-refractivity contribution in [2.45, 2.75) is 38.6 Å². The van der Waals surface area contributed by atoms with E-state index in [1.165, 1.54) is 30.4 Å². The lowest BCUT2D eigenvalue weighted by atomic mass is 9.90. The average Bonchev–Trinajstić information content (AvgIpc) is 2.29. The van der Waals surface area contributed by atoms with E-state index in [0.29, 0.717) is 0 Å². The van der Waals surface area contributed by atoms with Gasteiger partial charge in [0, 0.05) is 11.9 Å². The van der Waals surface area contributed by atoms with Crippen molar-refractivity contribution < 1.29 is 0 Å². The highest BCUT2D eigenvalue weighted by Gasteiger charge is 2.13. The van der Waals surface area contributed by atoms with Gasteiger partial charge >= 0.3 is 0 Å². The Kier molecular flexibility index (Phi) is 3.17. The van der Waals surface area contributed by atoms with Crippen LogP contribution in [0.4, 0.5) is 0 Å². The molecule has 1 heterocycles. The quantitative estimate of drug-likeness (QED) is 0.749. The Morgan fingerprint density at radius 1 is 1.40 bits per heavy atom. The van der Waals surface area contributed by atoms with Crippen LogP contribution in [-0.4, -0.2) is 4.98 Å². The van der Waals surface area contributed by atoms with Crippen molar-refractivity contribution in [2.75, 3.05) is 0 Å². The van der Waals surface area contributed by atoms with Crippen LogP contribution in [0, 0.1) is 6.92 Å². The van der Waals surface area contributed by atoms with Gasteiger partial charge in [-0.3, -0.25) is 4.98 Å². The molecule has 2 nitrogen and oxygen atoms in total. The number of nitrogens with zero attached hydrogens (tertiary/aromatic N) is 1. The van der Waals surface area contributed by atoms with Crippen LogP contribution in [0.15, 0.2) is 30.0 Å². The predicted octanol–water partition coefficient (Wildman–Crippen LogP) is 2.89. The van der Waals surface area contributed by atoms with Gasteiger partial charge in [0.2, 0.25) is 0 Å². The maximum atomic E-state index is 6.24. The molecule has 1 aliphatic carbocycles. The Labute approximate surface area is 91.2 Å². The van der Waals surface area contributed by atoms with E-state index in [-0.39, 0.29) is 6.04 Å². The second-order valence-electron chi connectivity index (χ2n) is 4.23. The molecular weight excluding hydrogens is 184 g/mol. The van der Waals surface area contributed by atoms with Crippen LogP contribution < -0.4 is 5.73 Å². The SMILES string of the molecule is Cc1cc(C(N)C2=CCCCC2)ccn1.